The average molecular weight is 305 g/mol. The van der Waals surface area contributed by atoms with Gasteiger partial charge in [-0.15, -0.1) is 0 Å². The molecule has 2 N–H and O–H groups in total. The molecule has 0 bridgehead atoms. The maximum absolute atomic E-state index is 12.2. The average Bonchev–Trinajstić information content (AvgIpc) is 2.52. The first kappa shape index (κ1) is 16.3. The fourth-order valence-electron chi connectivity index (χ4n) is 2.18. The van der Waals surface area contributed by atoms with Crippen molar-refractivity contribution in [1.29, 1.82) is 5.26 Å². The van der Waals surface area contributed by atoms with Crippen LogP contribution >= 0.6 is 0 Å². The van der Waals surface area contributed by atoms with E-state index in [1.54, 1.807) is 6.07 Å². The van der Waals surface area contributed by atoms with Crippen molar-refractivity contribution in [2.75, 3.05) is 10.6 Å². The van der Waals surface area contributed by atoms with Crippen LogP contribution in [0.3, 0.4) is 0 Å². The van der Waals surface area contributed by atoms with Gasteiger partial charge >= 0.3 is 0 Å². The van der Waals surface area contributed by atoms with Crippen LogP contribution in [0.2, 0.25) is 0 Å². The van der Waals surface area contributed by atoms with Gasteiger partial charge in [0.15, 0.2) is 0 Å². The van der Waals surface area contributed by atoms with E-state index >= 15 is 0 Å². The lowest BCUT2D eigenvalue weighted by Crippen LogP contribution is -2.15. The molecule has 0 aliphatic carbocycles. The topological polar surface area (TPSA) is 64.9 Å². The van der Waals surface area contributed by atoms with E-state index < -0.39 is 5.91 Å². The van der Waals surface area contributed by atoms with Crippen molar-refractivity contribution in [2.45, 2.75) is 20.8 Å². The lowest BCUT2D eigenvalue weighted by atomic mass is 10.1. The summed E-state index contributed by atoms with van der Waals surface area (Å²) in [6, 6.07) is 15.3. The van der Waals surface area contributed by atoms with Gasteiger partial charge in [-0.3, -0.25) is 4.79 Å². The Bertz CT molecular complexity index is 801. The fourth-order valence-corrected chi connectivity index (χ4v) is 2.18. The molecule has 4 heteroatoms. The quantitative estimate of drug-likeness (QED) is 0.661. The minimum Gasteiger partial charge on any atom is -0.360 e. The maximum Gasteiger partial charge on any atom is 0.267 e. The first-order valence-corrected chi connectivity index (χ1v) is 7.32. The monoisotopic (exact) mass is 305 g/mol. The summed E-state index contributed by atoms with van der Waals surface area (Å²) in [5.74, 6) is -0.431. The molecule has 4 nitrogen and oxygen atoms in total. The molecule has 23 heavy (non-hydrogen) atoms. The Labute approximate surface area is 136 Å². The third-order valence-corrected chi connectivity index (χ3v) is 3.51. The van der Waals surface area contributed by atoms with Gasteiger partial charge in [0.25, 0.3) is 5.91 Å². The van der Waals surface area contributed by atoms with Crippen LogP contribution in [0.1, 0.15) is 16.7 Å². The number of carbonyl (C=O) groups excluding carboxylic acids is 1. The zero-order chi connectivity index (χ0) is 16.8. The minimum absolute atomic E-state index is 0.0215. The van der Waals surface area contributed by atoms with Crippen molar-refractivity contribution in [3.05, 3.63) is 70.9 Å². The Balaban J connectivity index is 2.14. The van der Waals surface area contributed by atoms with E-state index in [0.717, 1.165) is 22.4 Å². The number of hydrogen-bond acceptors (Lipinski definition) is 3. The SMILES string of the molecule is Cc1ccc(N/C=C(/C#N)C(=O)Nc2ccccc2C)c(C)c1. The molecule has 2 aromatic carbocycles. The number of para-hydroxylation sites is 1. The van der Waals surface area contributed by atoms with Crippen molar-refractivity contribution in [3.8, 4) is 6.07 Å². The first-order chi connectivity index (χ1) is 11.0. The summed E-state index contributed by atoms with van der Waals surface area (Å²) in [6.07, 6.45) is 1.44. The molecule has 0 saturated carbocycles. The van der Waals surface area contributed by atoms with Crippen LogP contribution in [0.15, 0.2) is 54.2 Å². The van der Waals surface area contributed by atoms with Gasteiger partial charge in [0.05, 0.1) is 0 Å². The van der Waals surface area contributed by atoms with Crippen LogP contribution in [0.5, 0.6) is 0 Å². The third-order valence-electron chi connectivity index (χ3n) is 3.51. The second-order valence-electron chi connectivity index (χ2n) is 5.40. The van der Waals surface area contributed by atoms with Crippen molar-refractivity contribution >= 4 is 17.3 Å². The number of aryl methyl sites for hydroxylation is 3. The molecule has 0 saturated heterocycles. The Morgan fingerprint density at radius 1 is 1.04 bits per heavy atom. The second kappa shape index (κ2) is 7.28. The molecular weight excluding hydrogens is 286 g/mol. The van der Waals surface area contributed by atoms with E-state index in [1.165, 1.54) is 6.20 Å². The normalized spacial score (nSPS) is 10.8. The van der Waals surface area contributed by atoms with Crippen molar-refractivity contribution < 1.29 is 4.79 Å². The molecule has 0 aliphatic heterocycles. The molecule has 2 rings (SSSR count). The summed E-state index contributed by atoms with van der Waals surface area (Å²) < 4.78 is 0. The van der Waals surface area contributed by atoms with E-state index in [4.69, 9.17) is 0 Å². The van der Waals surface area contributed by atoms with Crippen molar-refractivity contribution in [1.82, 2.24) is 0 Å². The number of benzene rings is 2. The highest BCUT2D eigenvalue weighted by molar-refractivity contribution is 6.07. The summed E-state index contributed by atoms with van der Waals surface area (Å²) >= 11 is 0. The Kier molecular flexibility index (Phi) is 5.16. The Hall–Kier alpha value is -3.06. The standard InChI is InChI=1S/C19H19N3O/c1-13-8-9-17(15(3)10-13)21-12-16(11-20)19(23)22-18-7-5-4-6-14(18)2/h4-10,12,21H,1-3H3,(H,22,23)/b16-12-. The predicted octanol–water partition coefficient (Wildman–Crippen LogP) is 4.07. The highest BCUT2D eigenvalue weighted by Gasteiger charge is 2.10. The highest BCUT2D eigenvalue weighted by Crippen LogP contribution is 2.17. The van der Waals surface area contributed by atoms with Gasteiger partial charge in [0.2, 0.25) is 0 Å². The summed E-state index contributed by atoms with van der Waals surface area (Å²) in [4.78, 5) is 12.2. The summed E-state index contributed by atoms with van der Waals surface area (Å²) in [5.41, 5.74) is 4.75. The molecule has 0 aromatic heterocycles. The first-order valence-electron chi connectivity index (χ1n) is 7.32. The van der Waals surface area contributed by atoms with Crippen LogP contribution in [-0.4, -0.2) is 5.91 Å². The van der Waals surface area contributed by atoms with Gasteiger partial charge in [-0.25, -0.2) is 0 Å². The van der Waals surface area contributed by atoms with Crippen LogP contribution < -0.4 is 10.6 Å². The molecule has 116 valence electrons. The number of carbonyl (C=O) groups is 1. The smallest absolute Gasteiger partial charge is 0.267 e. The minimum atomic E-state index is -0.431. The van der Waals surface area contributed by atoms with E-state index in [-0.39, 0.29) is 5.57 Å². The number of amides is 1. The number of nitrogens with zero attached hydrogens (tertiary/aromatic N) is 1. The lowest BCUT2D eigenvalue weighted by molar-refractivity contribution is -0.112. The summed E-state index contributed by atoms with van der Waals surface area (Å²) in [5, 5.41) is 15.0. The largest absolute Gasteiger partial charge is 0.360 e. The molecule has 0 atom stereocenters. The molecule has 0 spiro atoms. The second-order valence-corrected chi connectivity index (χ2v) is 5.40. The zero-order valence-corrected chi connectivity index (χ0v) is 13.5. The number of anilines is 2. The van der Waals surface area contributed by atoms with Gasteiger partial charge in [-0.05, 0) is 44.0 Å². The predicted molar refractivity (Wildman–Crippen MR) is 93.0 cm³/mol. The molecule has 0 unspecified atom stereocenters. The van der Waals surface area contributed by atoms with Gasteiger partial charge in [0, 0.05) is 17.6 Å². The summed E-state index contributed by atoms with van der Waals surface area (Å²) in [7, 11) is 0. The molecule has 0 heterocycles. The van der Waals surface area contributed by atoms with Gasteiger partial charge in [0.1, 0.15) is 11.6 Å². The highest BCUT2D eigenvalue weighted by atomic mass is 16.1. The van der Waals surface area contributed by atoms with Gasteiger partial charge < -0.3 is 10.6 Å². The number of rotatable bonds is 4. The van der Waals surface area contributed by atoms with E-state index in [2.05, 4.69) is 10.6 Å². The van der Waals surface area contributed by atoms with E-state index in [0.29, 0.717) is 5.69 Å². The maximum atomic E-state index is 12.2. The van der Waals surface area contributed by atoms with Crippen molar-refractivity contribution in [2.24, 2.45) is 0 Å². The van der Waals surface area contributed by atoms with Crippen LogP contribution in [0, 0.1) is 32.1 Å². The van der Waals surface area contributed by atoms with Crippen LogP contribution in [-0.2, 0) is 4.79 Å². The summed E-state index contributed by atoms with van der Waals surface area (Å²) in [6.45, 7) is 5.89. The number of nitrogens with one attached hydrogen (secondary N) is 2. The van der Waals surface area contributed by atoms with Crippen molar-refractivity contribution in [3.63, 3.8) is 0 Å². The molecule has 0 aliphatic rings. The zero-order valence-electron chi connectivity index (χ0n) is 13.5. The van der Waals surface area contributed by atoms with Crippen LogP contribution in [0.25, 0.3) is 0 Å². The molecule has 1 amide bonds. The van der Waals surface area contributed by atoms with Crippen LogP contribution in [0.4, 0.5) is 11.4 Å². The molecule has 0 fully saturated rings. The fraction of sp³-hybridized carbons (Fsp3) is 0.158. The van der Waals surface area contributed by atoms with E-state index in [1.807, 2.05) is 63.2 Å². The molecular formula is C19H19N3O. The Morgan fingerprint density at radius 3 is 2.43 bits per heavy atom. The van der Waals surface area contributed by atoms with E-state index in [9.17, 15) is 10.1 Å². The number of hydrogen-bond donors (Lipinski definition) is 2. The lowest BCUT2D eigenvalue weighted by Gasteiger charge is -2.09. The molecule has 0 radical (unpaired) electrons. The third kappa shape index (κ3) is 4.21. The van der Waals surface area contributed by atoms with Gasteiger partial charge in [-0.1, -0.05) is 35.9 Å². The van der Waals surface area contributed by atoms with Gasteiger partial charge in [-0.2, -0.15) is 5.26 Å². The Morgan fingerprint density at radius 2 is 1.78 bits per heavy atom. The number of nitriles is 1. The molecule has 2 aromatic rings.